The number of esters is 2. The summed E-state index contributed by atoms with van der Waals surface area (Å²) >= 11 is 0. The molecule has 2 aromatic carbocycles. The summed E-state index contributed by atoms with van der Waals surface area (Å²) in [5, 5.41) is 0.0695. The van der Waals surface area contributed by atoms with Gasteiger partial charge in [0, 0.05) is 19.9 Å². The SMILES string of the molecule is COc1cc(-c2coc3cc(OC)c(OC(C)=O)c(OC)c3c2=O)ccc1OC(C)=O. The molecular formula is C22H20O9. The summed E-state index contributed by atoms with van der Waals surface area (Å²) in [4.78, 5) is 36.2. The monoisotopic (exact) mass is 428 g/mol. The van der Waals surface area contributed by atoms with E-state index in [0.717, 1.165) is 0 Å². The lowest BCUT2D eigenvalue weighted by molar-refractivity contribution is -0.133. The molecule has 0 unspecified atom stereocenters. The van der Waals surface area contributed by atoms with E-state index in [9.17, 15) is 14.4 Å². The van der Waals surface area contributed by atoms with Crippen LogP contribution in [0.1, 0.15) is 13.8 Å². The molecular weight excluding hydrogens is 408 g/mol. The molecule has 3 rings (SSSR count). The molecule has 0 spiro atoms. The topological polar surface area (TPSA) is 110 Å². The first-order chi connectivity index (χ1) is 14.8. The Balaban J connectivity index is 2.26. The predicted octanol–water partition coefficient (Wildman–Crippen LogP) is 3.34. The highest BCUT2D eigenvalue weighted by atomic mass is 16.6. The van der Waals surface area contributed by atoms with Crippen LogP contribution >= 0.6 is 0 Å². The first-order valence-corrected chi connectivity index (χ1v) is 9.06. The third kappa shape index (κ3) is 4.16. The van der Waals surface area contributed by atoms with Crippen LogP contribution in [0.2, 0.25) is 0 Å². The minimum atomic E-state index is -0.609. The molecule has 0 radical (unpaired) electrons. The van der Waals surface area contributed by atoms with E-state index in [1.165, 1.54) is 53.6 Å². The lowest BCUT2D eigenvalue weighted by Gasteiger charge is -2.15. The molecule has 9 nitrogen and oxygen atoms in total. The molecule has 9 heteroatoms. The fourth-order valence-corrected chi connectivity index (χ4v) is 3.07. The number of rotatable bonds is 6. The zero-order valence-corrected chi connectivity index (χ0v) is 17.6. The molecule has 0 bridgehead atoms. The average molecular weight is 428 g/mol. The van der Waals surface area contributed by atoms with Gasteiger partial charge < -0.3 is 28.1 Å². The Morgan fingerprint density at radius 2 is 1.48 bits per heavy atom. The van der Waals surface area contributed by atoms with Gasteiger partial charge in [0.2, 0.25) is 11.2 Å². The van der Waals surface area contributed by atoms with E-state index >= 15 is 0 Å². The summed E-state index contributed by atoms with van der Waals surface area (Å²) < 4.78 is 31.9. The van der Waals surface area contributed by atoms with Crippen LogP contribution in [0.3, 0.4) is 0 Å². The van der Waals surface area contributed by atoms with Crippen molar-refractivity contribution in [3.63, 3.8) is 0 Å². The summed E-state index contributed by atoms with van der Waals surface area (Å²) in [6, 6.07) is 6.07. The second-order valence-electron chi connectivity index (χ2n) is 6.35. The van der Waals surface area contributed by atoms with Gasteiger partial charge in [0.25, 0.3) is 0 Å². The van der Waals surface area contributed by atoms with E-state index in [1.54, 1.807) is 12.1 Å². The molecule has 31 heavy (non-hydrogen) atoms. The summed E-state index contributed by atoms with van der Waals surface area (Å²) in [6.07, 6.45) is 1.29. The van der Waals surface area contributed by atoms with E-state index in [1.807, 2.05) is 0 Å². The van der Waals surface area contributed by atoms with Crippen molar-refractivity contribution < 1.29 is 37.7 Å². The number of benzene rings is 2. The third-order valence-electron chi connectivity index (χ3n) is 4.34. The number of carbonyl (C=O) groups is 2. The highest BCUT2D eigenvalue weighted by Crippen LogP contribution is 2.43. The van der Waals surface area contributed by atoms with Crippen LogP contribution in [0.5, 0.6) is 28.7 Å². The molecule has 0 N–H and O–H groups in total. The minimum absolute atomic E-state index is 0.00338. The van der Waals surface area contributed by atoms with Crippen molar-refractivity contribution in [1.29, 1.82) is 0 Å². The Morgan fingerprint density at radius 3 is 2.06 bits per heavy atom. The van der Waals surface area contributed by atoms with Gasteiger partial charge in [-0.15, -0.1) is 0 Å². The molecule has 162 valence electrons. The highest BCUT2D eigenvalue weighted by Gasteiger charge is 2.23. The maximum Gasteiger partial charge on any atom is 0.308 e. The van der Waals surface area contributed by atoms with Crippen molar-refractivity contribution in [1.82, 2.24) is 0 Å². The van der Waals surface area contributed by atoms with Gasteiger partial charge in [-0.25, -0.2) is 0 Å². The van der Waals surface area contributed by atoms with Gasteiger partial charge in [0.1, 0.15) is 17.2 Å². The number of fused-ring (bicyclic) bond motifs is 1. The fraction of sp³-hybridized carbons (Fsp3) is 0.227. The van der Waals surface area contributed by atoms with Crippen LogP contribution in [-0.4, -0.2) is 33.3 Å². The van der Waals surface area contributed by atoms with Crippen molar-refractivity contribution in [2.24, 2.45) is 0 Å². The Bertz CT molecular complexity index is 1220. The molecule has 0 amide bonds. The Hall–Kier alpha value is -4.01. The summed E-state index contributed by atoms with van der Waals surface area (Å²) in [5.74, 6) is -0.503. The lowest BCUT2D eigenvalue weighted by Crippen LogP contribution is -2.10. The summed E-state index contributed by atoms with van der Waals surface area (Å²) in [5.41, 5.74) is 0.394. The Morgan fingerprint density at radius 1 is 0.806 bits per heavy atom. The zero-order valence-electron chi connectivity index (χ0n) is 17.6. The van der Waals surface area contributed by atoms with Crippen LogP contribution < -0.4 is 29.1 Å². The van der Waals surface area contributed by atoms with Crippen molar-refractivity contribution in [2.75, 3.05) is 21.3 Å². The second-order valence-corrected chi connectivity index (χ2v) is 6.35. The van der Waals surface area contributed by atoms with E-state index < -0.39 is 17.4 Å². The van der Waals surface area contributed by atoms with Gasteiger partial charge >= 0.3 is 11.9 Å². The van der Waals surface area contributed by atoms with E-state index in [0.29, 0.717) is 5.56 Å². The van der Waals surface area contributed by atoms with Gasteiger partial charge in [-0.05, 0) is 17.7 Å². The minimum Gasteiger partial charge on any atom is -0.493 e. The maximum atomic E-state index is 13.4. The molecule has 0 saturated carbocycles. The fourth-order valence-electron chi connectivity index (χ4n) is 3.07. The maximum absolute atomic E-state index is 13.4. The molecule has 3 aromatic rings. The Kier molecular flexibility index (Phi) is 6.15. The number of carbonyl (C=O) groups excluding carboxylic acids is 2. The molecule has 0 saturated heterocycles. The number of hydrogen-bond donors (Lipinski definition) is 0. The normalized spacial score (nSPS) is 10.5. The van der Waals surface area contributed by atoms with Gasteiger partial charge in [0.15, 0.2) is 23.0 Å². The molecule has 0 aliphatic heterocycles. The molecule has 1 aromatic heterocycles. The molecule has 0 atom stereocenters. The first kappa shape index (κ1) is 21.7. The highest BCUT2D eigenvalue weighted by molar-refractivity contribution is 5.92. The summed E-state index contributed by atoms with van der Waals surface area (Å²) in [6.45, 7) is 2.49. The lowest BCUT2D eigenvalue weighted by atomic mass is 10.0. The van der Waals surface area contributed by atoms with Crippen LogP contribution in [0.15, 0.2) is 39.7 Å². The standard InChI is InChI=1S/C22H20O9/c1-11(23)30-15-7-6-13(8-16(15)26-3)14-10-29-17-9-18(27-4)21(31-12(2)24)22(28-5)19(17)20(14)25/h6-10H,1-5H3. The summed E-state index contributed by atoms with van der Waals surface area (Å²) in [7, 11) is 4.14. The average Bonchev–Trinajstić information content (AvgIpc) is 2.73. The van der Waals surface area contributed by atoms with Crippen LogP contribution in [0.4, 0.5) is 0 Å². The van der Waals surface area contributed by atoms with Gasteiger partial charge in [-0.3, -0.25) is 14.4 Å². The van der Waals surface area contributed by atoms with Gasteiger partial charge in [-0.1, -0.05) is 6.07 Å². The van der Waals surface area contributed by atoms with E-state index in [2.05, 4.69) is 0 Å². The first-order valence-electron chi connectivity index (χ1n) is 9.06. The van der Waals surface area contributed by atoms with Crippen molar-refractivity contribution in [3.8, 4) is 39.9 Å². The van der Waals surface area contributed by atoms with E-state index in [4.69, 9.17) is 28.1 Å². The van der Waals surface area contributed by atoms with Crippen LogP contribution in [0, 0.1) is 0 Å². The Labute approximate surface area is 177 Å². The zero-order chi connectivity index (χ0) is 22.7. The van der Waals surface area contributed by atoms with Gasteiger partial charge in [0.05, 0.1) is 26.9 Å². The molecule has 0 fully saturated rings. The largest absolute Gasteiger partial charge is 0.493 e. The van der Waals surface area contributed by atoms with Crippen LogP contribution in [0.25, 0.3) is 22.1 Å². The predicted molar refractivity (Wildman–Crippen MR) is 110 cm³/mol. The number of methoxy groups -OCH3 is 3. The van der Waals surface area contributed by atoms with Crippen molar-refractivity contribution >= 4 is 22.9 Å². The second kappa shape index (κ2) is 8.78. The molecule has 0 aliphatic rings. The van der Waals surface area contributed by atoms with Crippen LogP contribution in [-0.2, 0) is 9.59 Å². The third-order valence-corrected chi connectivity index (χ3v) is 4.34. The van der Waals surface area contributed by atoms with E-state index in [-0.39, 0.29) is 45.3 Å². The van der Waals surface area contributed by atoms with Crippen molar-refractivity contribution in [3.05, 3.63) is 40.8 Å². The molecule has 0 aliphatic carbocycles. The van der Waals surface area contributed by atoms with Gasteiger partial charge in [-0.2, -0.15) is 0 Å². The van der Waals surface area contributed by atoms with Crippen molar-refractivity contribution in [2.45, 2.75) is 13.8 Å². The number of ether oxygens (including phenoxy) is 5. The number of hydrogen-bond acceptors (Lipinski definition) is 9. The smallest absolute Gasteiger partial charge is 0.308 e. The quantitative estimate of drug-likeness (QED) is 0.431. The molecule has 1 heterocycles.